The van der Waals surface area contributed by atoms with Crippen molar-refractivity contribution in [2.45, 2.75) is 12.7 Å². The van der Waals surface area contributed by atoms with Crippen LogP contribution in [0.25, 0.3) is 10.2 Å². The summed E-state index contributed by atoms with van der Waals surface area (Å²) in [5.41, 5.74) is 0.831. The fourth-order valence-corrected chi connectivity index (χ4v) is 3.16. The molecule has 0 bridgehead atoms. The standard InChI is InChI=1S/C14H8Cl2F3N3S/c15-9-2-1-7(3-10(9)16)5-20-12-8-4-11(14(17,18)19)23-13(8)22-6-21-12/h1-4,6H,5H2,(H,20,21,22). The fraction of sp³-hybridized carbons (Fsp3) is 0.143. The van der Waals surface area contributed by atoms with Crippen LogP contribution >= 0.6 is 34.5 Å². The first-order valence-electron chi connectivity index (χ1n) is 6.34. The molecule has 0 spiro atoms. The number of alkyl halides is 3. The van der Waals surface area contributed by atoms with Crippen LogP contribution in [0.4, 0.5) is 19.0 Å². The minimum absolute atomic E-state index is 0.281. The number of aromatic nitrogens is 2. The summed E-state index contributed by atoms with van der Waals surface area (Å²) >= 11 is 12.4. The molecule has 23 heavy (non-hydrogen) atoms. The normalized spacial score (nSPS) is 11.9. The highest BCUT2D eigenvalue weighted by atomic mass is 35.5. The minimum atomic E-state index is -4.40. The summed E-state index contributed by atoms with van der Waals surface area (Å²) in [7, 11) is 0. The minimum Gasteiger partial charge on any atom is -0.365 e. The number of nitrogens with zero attached hydrogens (tertiary/aromatic N) is 2. The van der Waals surface area contributed by atoms with Gasteiger partial charge in [-0.05, 0) is 23.8 Å². The Labute approximate surface area is 143 Å². The van der Waals surface area contributed by atoms with Crippen molar-refractivity contribution < 1.29 is 13.2 Å². The van der Waals surface area contributed by atoms with Crippen LogP contribution in [0.15, 0.2) is 30.6 Å². The molecule has 0 radical (unpaired) electrons. The van der Waals surface area contributed by atoms with Crippen LogP contribution in [0.3, 0.4) is 0 Å². The number of thiophene rings is 1. The van der Waals surface area contributed by atoms with E-state index in [0.717, 1.165) is 11.6 Å². The maximum atomic E-state index is 12.8. The number of hydrogen-bond acceptors (Lipinski definition) is 4. The Balaban J connectivity index is 1.87. The van der Waals surface area contributed by atoms with Gasteiger partial charge >= 0.3 is 6.18 Å². The maximum Gasteiger partial charge on any atom is 0.425 e. The zero-order chi connectivity index (χ0) is 16.6. The molecule has 9 heteroatoms. The van der Waals surface area contributed by atoms with Crippen LogP contribution in [0.2, 0.25) is 10.0 Å². The van der Waals surface area contributed by atoms with Gasteiger partial charge in [-0.2, -0.15) is 13.2 Å². The molecule has 0 atom stereocenters. The van der Waals surface area contributed by atoms with Crippen LogP contribution in [0.1, 0.15) is 10.4 Å². The van der Waals surface area contributed by atoms with E-state index in [1.807, 2.05) is 0 Å². The number of fused-ring (bicyclic) bond motifs is 1. The molecule has 0 saturated carbocycles. The third-order valence-electron chi connectivity index (χ3n) is 3.05. The van der Waals surface area contributed by atoms with Gasteiger partial charge in [-0.3, -0.25) is 0 Å². The SMILES string of the molecule is FC(F)(F)c1cc2c(NCc3ccc(Cl)c(Cl)c3)ncnc2s1. The van der Waals surface area contributed by atoms with E-state index in [4.69, 9.17) is 23.2 Å². The van der Waals surface area contributed by atoms with Crippen molar-refractivity contribution in [1.29, 1.82) is 0 Å². The Morgan fingerprint density at radius 3 is 2.57 bits per heavy atom. The van der Waals surface area contributed by atoms with E-state index in [1.54, 1.807) is 18.2 Å². The second-order valence-corrected chi connectivity index (χ2v) is 6.50. The number of rotatable bonds is 3. The molecule has 0 aliphatic rings. The molecule has 120 valence electrons. The van der Waals surface area contributed by atoms with E-state index in [9.17, 15) is 13.2 Å². The molecule has 1 aromatic carbocycles. The second-order valence-electron chi connectivity index (χ2n) is 4.65. The first-order chi connectivity index (χ1) is 10.8. The smallest absolute Gasteiger partial charge is 0.365 e. The van der Waals surface area contributed by atoms with Gasteiger partial charge in [0.05, 0.1) is 15.4 Å². The average molecular weight is 378 g/mol. The highest BCUT2D eigenvalue weighted by Gasteiger charge is 2.33. The molecule has 0 unspecified atom stereocenters. The monoisotopic (exact) mass is 377 g/mol. The van der Waals surface area contributed by atoms with Gasteiger partial charge in [-0.1, -0.05) is 29.3 Å². The molecule has 0 amide bonds. The predicted molar refractivity (Wildman–Crippen MR) is 86.2 cm³/mol. The third kappa shape index (κ3) is 3.52. The summed E-state index contributed by atoms with van der Waals surface area (Å²) in [6.45, 7) is 0.347. The van der Waals surface area contributed by atoms with Crippen molar-refractivity contribution >= 4 is 50.6 Å². The van der Waals surface area contributed by atoms with Crippen molar-refractivity contribution in [3.63, 3.8) is 0 Å². The summed E-state index contributed by atoms with van der Waals surface area (Å²) in [5, 5.41) is 4.19. The first-order valence-corrected chi connectivity index (χ1v) is 7.91. The fourth-order valence-electron chi connectivity index (χ4n) is 1.97. The maximum absolute atomic E-state index is 12.8. The number of anilines is 1. The van der Waals surface area contributed by atoms with Gasteiger partial charge in [0.25, 0.3) is 0 Å². The van der Waals surface area contributed by atoms with Gasteiger partial charge in [0, 0.05) is 6.54 Å². The van der Waals surface area contributed by atoms with Crippen molar-refractivity contribution in [3.8, 4) is 0 Å². The molecule has 0 aliphatic carbocycles. The van der Waals surface area contributed by atoms with E-state index in [0.29, 0.717) is 39.1 Å². The van der Waals surface area contributed by atoms with E-state index in [2.05, 4.69) is 15.3 Å². The Morgan fingerprint density at radius 1 is 1.09 bits per heavy atom. The summed E-state index contributed by atoms with van der Waals surface area (Å²) < 4.78 is 38.4. The molecule has 3 rings (SSSR count). The predicted octanol–water partition coefficient (Wildman–Crippen LogP) is 5.63. The van der Waals surface area contributed by atoms with Gasteiger partial charge in [0.15, 0.2) is 0 Å². The third-order valence-corrected chi connectivity index (χ3v) is 4.88. The van der Waals surface area contributed by atoms with Gasteiger partial charge in [-0.25, -0.2) is 9.97 Å². The topological polar surface area (TPSA) is 37.8 Å². The van der Waals surface area contributed by atoms with Crippen LogP contribution < -0.4 is 5.32 Å². The lowest BCUT2D eigenvalue weighted by Gasteiger charge is -2.07. The summed E-state index contributed by atoms with van der Waals surface area (Å²) in [5.74, 6) is 0.341. The van der Waals surface area contributed by atoms with Crippen molar-refractivity contribution in [2.24, 2.45) is 0 Å². The highest BCUT2D eigenvalue weighted by Crippen LogP contribution is 2.38. The molecule has 3 aromatic rings. The Morgan fingerprint density at radius 2 is 1.87 bits per heavy atom. The van der Waals surface area contributed by atoms with E-state index < -0.39 is 11.1 Å². The lowest BCUT2D eigenvalue weighted by atomic mass is 10.2. The Kier molecular flexibility index (Phi) is 4.35. The number of halogens is 5. The summed E-state index contributed by atoms with van der Waals surface area (Å²) in [6, 6.07) is 6.17. The molecular weight excluding hydrogens is 370 g/mol. The molecule has 0 saturated heterocycles. The summed E-state index contributed by atoms with van der Waals surface area (Å²) in [6.07, 6.45) is -3.16. The number of nitrogens with one attached hydrogen (secondary N) is 1. The van der Waals surface area contributed by atoms with E-state index in [-0.39, 0.29) is 4.83 Å². The molecule has 0 aliphatic heterocycles. The van der Waals surface area contributed by atoms with Crippen molar-refractivity contribution in [2.75, 3.05) is 5.32 Å². The number of benzene rings is 1. The van der Waals surface area contributed by atoms with E-state index >= 15 is 0 Å². The molecule has 2 aromatic heterocycles. The summed E-state index contributed by atoms with van der Waals surface area (Å²) in [4.78, 5) is 7.48. The van der Waals surface area contributed by atoms with Gasteiger partial charge < -0.3 is 5.32 Å². The van der Waals surface area contributed by atoms with Crippen LogP contribution in [0.5, 0.6) is 0 Å². The quantitative estimate of drug-likeness (QED) is 0.642. The van der Waals surface area contributed by atoms with Crippen LogP contribution in [-0.2, 0) is 12.7 Å². The first kappa shape index (κ1) is 16.3. The molecule has 2 heterocycles. The molecular formula is C14H8Cl2F3N3S. The zero-order valence-electron chi connectivity index (χ0n) is 11.3. The zero-order valence-corrected chi connectivity index (χ0v) is 13.6. The average Bonchev–Trinajstić information content (AvgIpc) is 2.93. The molecule has 1 N–H and O–H groups in total. The largest absolute Gasteiger partial charge is 0.425 e. The van der Waals surface area contributed by atoms with Crippen molar-refractivity contribution in [1.82, 2.24) is 9.97 Å². The van der Waals surface area contributed by atoms with Gasteiger partial charge in [-0.15, -0.1) is 11.3 Å². The Hall–Kier alpha value is -1.57. The second kappa shape index (κ2) is 6.14. The number of hydrogen-bond donors (Lipinski definition) is 1. The van der Waals surface area contributed by atoms with Crippen molar-refractivity contribution in [3.05, 3.63) is 51.1 Å². The van der Waals surface area contributed by atoms with Gasteiger partial charge in [0.2, 0.25) is 0 Å². The Bertz CT molecular complexity index is 864. The lowest BCUT2D eigenvalue weighted by Crippen LogP contribution is -2.02. The highest BCUT2D eigenvalue weighted by molar-refractivity contribution is 7.18. The molecule has 3 nitrogen and oxygen atoms in total. The van der Waals surface area contributed by atoms with Gasteiger partial charge in [0.1, 0.15) is 21.9 Å². The lowest BCUT2D eigenvalue weighted by molar-refractivity contribution is -0.134. The van der Waals surface area contributed by atoms with Crippen LogP contribution in [-0.4, -0.2) is 9.97 Å². The van der Waals surface area contributed by atoms with E-state index in [1.165, 1.54) is 6.33 Å². The molecule has 0 fully saturated rings. The van der Waals surface area contributed by atoms with Crippen LogP contribution in [0, 0.1) is 0 Å².